The van der Waals surface area contributed by atoms with Crippen LogP contribution in [0, 0.1) is 0 Å². The van der Waals surface area contributed by atoms with Gasteiger partial charge in [-0.1, -0.05) is 0 Å². The topological polar surface area (TPSA) is 66.8 Å². The Morgan fingerprint density at radius 1 is 1.64 bits per heavy atom. The van der Waals surface area contributed by atoms with E-state index >= 15 is 0 Å². The molecule has 0 fully saturated rings. The molecule has 1 N–H and O–H groups in total. The molecule has 0 spiro atoms. The molecule has 0 aliphatic heterocycles. The van der Waals surface area contributed by atoms with Gasteiger partial charge in [-0.3, -0.25) is 4.79 Å². The molecule has 14 heavy (non-hydrogen) atoms. The van der Waals surface area contributed by atoms with Crippen LogP contribution in [0.15, 0.2) is 0 Å². The summed E-state index contributed by atoms with van der Waals surface area (Å²) in [5.74, 6) is -1.02. The van der Waals surface area contributed by atoms with Crippen molar-refractivity contribution in [3.05, 3.63) is 0 Å². The molecule has 0 aliphatic rings. The first kappa shape index (κ1) is 12.9. The highest BCUT2D eigenvalue weighted by atomic mass is 16.5. The van der Waals surface area contributed by atoms with Crippen molar-refractivity contribution in [1.82, 2.24) is 4.90 Å². The first-order valence-corrected chi connectivity index (χ1v) is 4.29. The molecule has 0 rings (SSSR count). The number of carbonyl (C=O) groups is 2. The third-order valence-electron chi connectivity index (χ3n) is 2.18. The van der Waals surface area contributed by atoms with E-state index in [0.29, 0.717) is 6.41 Å². The fourth-order valence-electron chi connectivity index (χ4n) is 1.03. The molecule has 5 heteroatoms. The maximum absolute atomic E-state index is 10.8. The van der Waals surface area contributed by atoms with Crippen LogP contribution in [-0.4, -0.2) is 48.2 Å². The molecule has 82 valence electrons. The standard InChI is InChI=1S/C9H17NO4/c1-9(2,14-4)5-7(8(12)13)10(3)6-11/h6-7H,5H2,1-4H3,(H,12,13). The molecule has 0 saturated heterocycles. The Kier molecular flexibility index (Phi) is 4.56. The summed E-state index contributed by atoms with van der Waals surface area (Å²) in [5.41, 5.74) is -0.555. The van der Waals surface area contributed by atoms with Gasteiger partial charge in [0.2, 0.25) is 6.41 Å². The van der Waals surface area contributed by atoms with E-state index in [2.05, 4.69) is 0 Å². The van der Waals surface area contributed by atoms with Crippen molar-refractivity contribution in [2.45, 2.75) is 31.9 Å². The van der Waals surface area contributed by atoms with Gasteiger partial charge in [-0.2, -0.15) is 0 Å². The zero-order chi connectivity index (χ0) is 11.4. The summed E-state index contributed by atoms with van der Waals surface area (Å²) in [4.78, 5) is 22.4. The van der Waals surface area contributed by atoms with Gasteiger partial charge in [0.1, 0.15) is 6.04 Å². The molecule has 0 aliphatic carbocycles. The molecule has 0 aromatic heterocycles. The lowest BCUT2D eigenvalue weighted by atomic mass is 9.98. The number of amides is 1. The van der Waals surface area contributed by atoms with E-state index in [-0.39, 0.29) is 6.42 Å². The molecule has 5 nitrogen and oxygen atoms in total. The van der Waals surface area contributed by atoms with Crippen molar-refractivity contribution < 1.29 is 19.4 Å². The number of ether oxygens (including phenoxy) is 1. The molecular weight excluding hydrogens is 186 g/mol. The molecule has 1 unspecified atom stereocenters. The number of hydrogen-bond acceptors (Lipinski definition) is 3. The zero-order valence-electron chi connectivity index (χ0n) is 8.98. The second kappa shape index (κ2) is 4.95. The van der Waals surface area contributed by atoms with Gasteiger partial charge in [0.15, 0.2) is 0 Å². The SMILES string of the molecule is COC(C)(C)CC(C(=O)O)N(C)C=O. The number of methoxy groups -OCH3 is 1. The number of likely N-dealkylation sites (N-methyl/N-ethyl adjacent to an activating group) is 1. The maximum atomic E-state index is 10.8. The van der Waals surface area contributed by atoms with E-state index in [9.17, 15) is 9.59 Å². The lowest BCUT2D eigenvalue weighted by molar-refractivity contribution is -0.148. The fraction of sp³-hybridized carbons (Fsp3) is 0.778. The Bertz CT molecular complexity index is 215. The molecule has 0 saturated carbocycles. The predicted molar refractivity (Wildman–Crippen MR) is 51.0 cm³/mol. The molecular formula is C9H17NO4. The van der Waals surface area contributed by atoms with Crippen LogP contribution in [0.5, 0.6) is 0 Å². The monoisotopic (exact) mass is 203 g/mol. The first-order valence-electron chi connectivity index (χ1n) is 4.29. The highest BCUT2D eigenvalue weighted by Crippen LogP contribution is 2.18. The van der Waals surface area contributed by atoms with Crippen molar-refractivity contribution in [1.29, 1.82) is 0 Å². The summed E-state index contributed by atoms with van der Waals surface area (Å²) < 4.78 is 5.11. The predicted octanol–water partition coefficient (Wildman–Crippen LogP) is 0.343. The summed E-state index contributed by atoms with van der Waals surface area (Å²) in [6.07, 6.45) is 0.763. The Morgan fingerprint density at radius 3 is 2.43 bits per heavy atom. The van der Waals surface area contributed by atoms with Gasteiger partial charge < -0.3 is 14.7 Å². The van der Waals surface area contributed by atoms with Crippen LogP contribution in [0.4, 0.5) is 0 Å². The second-order valence-electron chi connectivity index (χ2n) is 3.79. The van der Waals surface area contributed by atoms with Gasteiger partial charge in [0.25, 0.3) is 0 Å². The van der Waals surface area contributed by atoms with Crippen molar-refractivity contribution in [3.8, 4) is 0 Å². The number of nitrogens with zero attached hydrogens (tertiary/aromatic N) is 1. The molecule has 0 bridgehead atoms. The number of carboxylic acid groups (broad SMARTS) is 1. The number of carboxylic acids is 1. The van der Waals surface area contributed by atoms with Crippen LogP contribution in [0.1, 0.15) is 20.3 Å². The second-order valence-corrected chi connectivity index (χ2v) is 3.79. The molecule has 1 atom stereocenters. The highest BCUT2D eigenvalue weighted by Gasteiger charge is 2.30. The van der Waals surface area contributed by atoms with Crippen molar-refractivity contribution in [3.63, 3.8) is 0 Å². The highest BCUT2D eigenvalue weighted by molar-refractivity contribution is 5.76. The first-order chi connectivity index (χ1) is 6.34. The van der Waals surface area contributed by atoms with Gasteiger partial charge in [-0.15, -0.1) is 0 Å². The fourth-order valence-corrected chi connectivity index (χ4v) is 1.03. The Balaban J connectivity index is 4.53. The van der Waals surface area contributed by atoms with Gasteiger partial charge in [-0.05, 0) is 13.8 Å². The van der Waals surface area contributed by atoms with Crippen molar-refractivity contribution in [2.75, 3.05) is 14.2 Å². The lowest BCUT2D eigenvalue weighted by Crippen LogP contribution is -2.43. The molecule has 0 aromatic rings. The normalized spacial score (nSPS) is 13.4. The molecule has 0 heterocycles. The number of aliphatic carboxylic acids is 1. The van der Waals surface area contributed by atoms with Crippen LogP contribution in [0.2, 0.25) is 0 Å². The minimum absolute atomic E-state index is 0.258. The quantitative estimate of drug-likeness (QED) is 0.632. The lowest BCUT2D eigenvalue weighted by Gasteiger charge is -2.29. The minimum Gasteiger partial charge on any atom is -0.480 e. The summed E-state index contributed by atoms with van der Waals surface area (Å²) >= 11 is 0. The van der Waals surface area contributed by atoms with Gasteiger partial charge in [0.05, 0.1) is 5.60 Å². The number of rotatable bonds is 6. The summed E-state index contributed by atoms with van der Waals surface area (Å²) in [6.45, 7) is 3.56. The Hall–Kier alpha value is -1.10. The van der Waals surface area contributed by atoms with E-state index in [0.717, 1.165) is 4.90 Å². The summed E-state index contributed by atoms with van der Waals surface area (Å²) in [5, 5.41) is 8.88. The average molecular weight is 203 g/mol. The number of carbonyl (C=O) groups excluding carboxylic acids is 1. The Morgan fingerprint density at radius 2 is 2.14 bits per heavy atom. The van der Waals surface area contributed by atoms with Crippen LogP contribution >= 0.6 is 0 Å². The van der Waals surface area contributed by atoms with Crippen molar-refractivity contribution >= 4 is 12.4 Å². The van der Waals surface area contributed by atoms with Crippen LogP contribution < -0.4 is 0 Å². The van der Waals surface area contributed by atoms with Crippen LogP contribution in [0.25, 0.3) is 0 Å². The van der Waals surface area contributed by atoms with E-state index in [1.807, 2.05) is 0 Å². The minimum atomic E-state index is -1.02. The summed E-state index contributed by atoms with van der Waals surface area (Å²) in [7, 11) is 2.96. The smallest absolute Gasteiger partial charge is 0.326 e. The molecule has 1 amide bonds. The van der Waals surface area contributed by atoms with E-state index < -0.39 is 17.6 Å². The third-order valence-corrected chi connectivity index (χ3v) is 2.18. The Labute approximate surface area is 83.6 Å². The van der Waals surface area contributed by atoms with Crippen LogP contribution in [0.3, 0.4) is 0 Å². The maximum Gasteiger partial charge on any atom is 0.326 e. The largest absolute Gasteiger partial charge is 0.480 e. The summed E-state index contributed by atoms with van der Waals surface area (Å²) in [6, 6.07) is -0.845. The van der Waals surface area contributed by atoms with Gasteiger partial charge in [-0.25, -0.2) is 4.79 Å². The number of hydrogen-bond donors (Lipinski definition) is 1. The third kappa shape index (κ3) is 3.74. The molecule has 0 aromatic carbocycles. The van der Waals surface area contributed by atoms with Crippen molar-refractivity contribution in [2.24, 2.45) is 0 Å². The van der Waals surface area contributed by atoms with E-state index in [1.54, 1.807) is 13.8 Å². The average Bonchev–Trinajstić information content (AvgIpc) is 2.13. The zero-order valence-corrected chi connectivity index (χ0v) is 8.98. The van der Waals surface area contributed by atoms with E-state index in [4.69, 9.17) is 9.84 Å². The van der Waals surface area contributed by atoms with E-state index in [1.165, 1.54) is 14.2 Å². The van der Waals surface area contributed by atoms with Crippen LogP contribution in [-0.2, 0) is 14.3 Å². The molecule has 0 radical (unpaired) electrons. The van der Waals surface area contributed by atoms with Gasteiger partial charge in [0, 0.05) is 20.6 Å². The van der Waals surface area contributed by atoms with Gasteiger partial charge >= 0.3 is 5.97 Å².